The van der Waals surface area contributed by atoms with Gasteiger partial charge in [0.2, 0.25) is 5.91 Å². The van der Waals surface area contributed by atoms with E-state index in [0.29, 0.717) is 13.1 Å². The number of benzene rings is 1. The Kier molecular flexibility index (Phi) is 6.14. The molecule has 0 bridgehead atoms. The summed E-state index contributed by atoms with van der Waals surface area (Å²) in [5, 5.41) is 2.97. The molecule has 1 aromatic carbocycles. The first-order chi connectivity index (χ1) is 12.6. The molecule has 1 atom stereocenters. The minimum atomic E-state index is -0.119. The van der Waals surface area contributed by atoms with Crippen molar-refractivity contribution in [2.75, 3.05) is 26.2 Å². The van der Waals surface area contributed by atoms with Gasteiger partial charge in [-0.15, -0.1) is 0 Å². The Balaban J connectivity index is 1.53. The molecule has 142 valence electrons. The fourth-order valence-electron chi connectivity index (χ4n) is 3.95. The van der Waals surface area contributed by atoms with Crippen LogP contribution in [0, 0.1) is 5.92 Å². The summed E-state index contributed by atoms with van der Waals surface area (Å²) in [4.78, 5) is 27.4. The minimum Gasteiger partial charge on any atom is -0.354 e. The molecule has 1 unspecified atom stereocenters. The van der Waals surface area contributed by atoms with Crippen LogP contribution in [0.2, 0.25) is 0 Å². The molecule has 0 radical (unpaired) electrons. The summed E-state index contributed by atoms with van der Waals surface area (Å²) >= 11 is 0. The van der Waals surface area contributed by atoms with Gasteiger partial charge >= 0.3 is 5.69 Å². The number of rotatable bonds is 7. The summed E-state index contributed by atoms with van der Waals surface area (Å²) in [6.07, 6.45) is 3.55. The van der Waals surface area contributed by atoms with Gasteiger partial charge in [0.25, 0.3) is 0 Å². The zero-order valence-electron chi connectivity index (χ0n) is 15.9. The van der Waals surface area contributed by atoms with Crippen LogP contribution in [0.3, 0.4) is 0 Å². The molecule has 1 aliphatic rings. The van der Waals surface area contributed by atoms with Crippen LogP contribution in [0.5, 0.6) is 0 Å². The van der Waals surface area contributed by atoms with Crippen LogP contribution in [-0.2, 0) is 17.9 Å². The number of aryl methyl sites for hydroxylation is 1. The lowest BCUT2D eigenvalue weighted by Crippen LogP contribution is -2.37. The van der Waals surface area contributed by atoms with Crippen molar-refractivity contribution in [2.24, 2.45) is 5.92 Å². The first-order valence-electron chi connectivity index (χ1n) is 9.77. The van der Waals surface area contributed by atoms with E-state index < -0.39 is 0 Å². The highest BCUT2D eigenvalue weighted by molar-refractivity contribution is 5.80. The molecule has 2 heterocycles. The Bertz CT molecular complexity index is 808. The summed E-state index contributed by atoms with van der Waals surface area (Å²) in [6.45, 7) is 8.95. The van der Waals surface area contributed by atoms with Crippen LogP contribution in [0.25, 0.3) is 11.0 Å². The number of hydrogen-bond donors (Lipinski definition) is 1. The lowest BCUT2D eigenvalue weighted by atomic mass is 10.0. The quantitative estimate of drug-likeness (QED) is 0.771. The van der Waals surface area contributed by atoms with Crippen LogP contribution >= 0.6 is 0 Å². The monoisotopic (exact) mass is 358 g/mol. The van der Waals surface area contributed by atoms with Crippen molar-refractivity contribution in [3.8, 4) is 0 Å². The second kappa shape index (κ2) is 8.54. The molecule has 2 aromatic rings. The van der Waals surface area contributed by atoms with E-state index in [9.17, 15) is 9.59 Å². The zero-order valence-corrected chi connectivity index (χ0v) is 15.9. The van der Waals surface area contributed by atoms with Crippen LogP contribution in [0.1, 0.15) is 33.1 Å². The van der Waals surface area contributed by atoms with Gasteiger partial charge < -0.3 is 10.2 Å². The number of fused-ring (bicyclic) bond motifs is 1. The first-order valence-corrected chi connectivity index (χ1v) is 9.77. The van der Waals surface area contributed by atoms with Crippen molar-refractivity contribution in [1.82, 2.24) is 19.4 Å². The zero-order chi connectivity index (χ0) is 18.5. The van der Waals surface area contributed by atoms with Gasteiger partial charge in [0.1, 0.15) is 6.54 Å². The fourth-order valence-corrected chi connectivity index (χ4v) is 3.95. The third-order valence-corrected chi connectivity index (χ3v) is 5.26. The average Bonchev–Trinajstić information content (AvgIpc) is 2.90. The highest BCUT2D eigenvalue weighted by atomic mass is 16.2. The normalized spacial score (nSPS) is 18.3. The Morgan fingerprint density at radius 2 is 1.96 bits per heavy atom. The van der Waals surface area contributed by atoms with E-state index in [-0.39, 0.29) is 18.1 Å². The molecular formula is C20H30N4O2. The van der Waals surface area contributed by atoms with Gasteiger partial charge in [-0.25, -0.2) is 4.79 Å². The molecular weight excluding hydrogens is 328 g/mol. The maximum absolute atomic E-state index is 12.6. The van der Waals surface area contributed by atoms with Crippen molar-refractivity contribution in [1.29, 1.82) is 0 Å². The van der Waals surface area contributed by atoms with Gasteiger partial charge in [0.05, 0.1) is 11.0 Å². The first kappa shape index (κ1) is 18.7. The summed E-state index contributed by atoms with van der Waals surface area (Å²) in [5.41, 5.74) is 1.58. The smallest absolute Gasteiger partial charge is 0.329 e. The Hall–Kier alpha value is -2.08. The number of hydrogen-bond acceptors (Lipinski definition) is 3. The number of piperidine rings is 1. The number of carbonyl (C=O) groups is 1. The maximum Gasteiger partial charge on any atom is 0.329 e. The molecule has 0 spiro atoms. The molecule has 26 heavy (non-hydrogen) atoms. The molecule has 1 saturated heterocycles. The minimum absolute atomic E-state index is 0.0765. The number of aromatic nitrogens is 2. The number of para-hydroxylation sites is 2. The SMILES string of the molecule is CCn1c(=O)n(CC(=O)NCCCN2CCCC(C)C2)c2ccccc21. The topological polar surface area (TPSA) is 59.3 Å². The van der Waals surface area contributed by atoms with E-state index in [2.05, 4.69) is 17.1 Å². The summed E-state index contributed by atoms with van der Waals surface area (Å²) < 4.78 is 3.28. The van der Waals surface area contributed by atoms with E-state index in [1.54, 1.807) is 9.13 Å². The number of nitrogens with one attached hydrogen (secondary N) is 1. The van der Waals surface area contributed by atoms with Crippen LogP contribution in [-0.4, -0.2) is 46.1 Å². The second-order valence-corrected chi connectivity index (χ2v) is 7.35. The number of imidazole rings is 1. The largest absolute Gasteiger partial charge is 0.354 e. The van der Waals surface area contributed by atoms with Crippen LogP contribution < -0.4 is 11.0 Å². The molecule has 1 fully saturated rings. The average molecular weight is 358 g/mol. The highest BCUT2D eigenvalue weighted by Crippen LogP contribution is 2.15. The van der Waals surface area contributed by atoms with Crippen LogP contribution in [0.15, 0.2) is 29.1 Å². The van der Waals surface area contributed by atoms with Gasteiger partial charge in [-0.1, -0.05) is 19.1 Å². The number of nitrogens with zero attached hydrogens (tertiary/aromatic N) is 3. The van der Waals surface area contributed by atoms with Crippen molar-refractivity contribution >= 4 is 16.9 Å². The Morgan fingerprint density at radius 1 is 1.23 bits per heavy atom. The molecule has 1 N–H and O–H groups in total. The van der Waals surface area contributed by atoms with Crippen molar-refractivity contribution in [3.05, 3.63) is 34.7 Å². The number of carbonyl (C=O) groups excluding carboxylic acids is 1. The maximum atomic E-state index is 12.6. The van der Waals surface area contributed by atoms with Crippen molar-refractivity contribution < 1.29 is 4.79 Å². The molecule has 0 saturated carbocycles. The van der Waals surface area contributed by atoms with E-state index in [0.717, 1.165) is 29.9 Å². The predicted octanol–water partition coefficient (Wildman–Crippen LogP) is 2.06. The van der Waals surface area contributed by atoms with E-state index >= 15 is 0 Å². The predicted molar refractivity (Wildman–Crippen MR) is 104 cm³/mol. The summed E-state index contributed by atoms with van der Waals surface area (Å²) in [6, 6.07) is 7.64. The van der Waals surface area contributed by atoms with Crippen molar-refractivity contribution in [3.63, 3.8) is 0 Å². The Labute approximate surface area is 154 Å². The van der Waals surface area contributed by atoms with E-state index in [1.165, 1.54) is 25.9 Å². The third kappa shape index (κ3) is 4.18. The van der Waals surface area contributed by atoms with E-state index in [4.69, 9.17) is 0 Å². The molecule has 1 amide bonds. The molecule has 3 rings (SSSR count). The summed E-state index contributed by atoms with van der Waals surface area (Å²) in [5.74, 6) is 0.680. The van der Waals surface area contributed by atoms with Gasteiger partial charge in [-0.3, -0.25) is 13.9 Å². The molecule has 6 heteroatoms. The lowest BCUT2D eigenvalue weighted by Gasteiger charge is -2.30. The van der Waals surface area contributed by atoms with Crippen LogP contribution in [0.4, 0.5) is 0 Å². The van der Waals surface area contributed by atoms with Gasteiger partial charge in [0.15, 0.2) is 0 Å². The number of amides is 1. The van der Waals surface area contributed by atoms with E-state index in [1.807, 2.05) is 31.2 Å². The van der Waals surface area contributed by atoms with Gasteiger partial charge in [0, 0.05) is 19.6 Å². The second-order valence-electron chi connectivity index (χ2n) is 7.35. The molecule has 0 aliphatic carbocycles. The highest BCUT2D eigenvalue weighted by Gasteiger charge is 2.16. The van der Waals surface area contributed by atoms with Crippen molar-refractivity contribution in [2.45, 2.75) is 46.2 Å². The molecule has 6 nitrogen and oxygen atoms in total. The fraction of sp³-hybridized carbons (Fsp3) is 0.600. The summed E-state index contributed by atoms with van der Waals surface area (Å²) in [7, 11) is 0. The lowest BCUT2D eigenvalue weighted by molar-refractivity contribution is -0.121. The molecule has 1 aromatic heterocycles. The molecule has 1 aliphatic heterocycles. The number of likely N-dealkylation sites (tertiary alicyclic amines) is 1. The Morgan fingerprint density at radius 3 is 2.65 bits per heavy atom. The van der Waals surface area contributed by atoms with Gasteiger partial charge in [-0.05, 0) is 57.3 Å². The standard InChI is InChI=1S/C20H30N4O2/c1-3-23-17-9-4-5-10-18(17)24(20(23)26)15-19(25)21-11-7-13-22-12-6-8-16(2)14-22/h4-5,9-10,16H,3,6-8,11-15H2,1-2H3,(H,21,25). The third-order valence-electron chi connectivity index (χ3n) is 5.26. The van der Waals surface area contributed by atoms with Gasteiger partial charge in [-0.2, -0.15) is 0 Å².